The first-order valence-electron chi connectivity index (χ1n) is 7.44. The molecule has 1 aliphatic heterocycles. The molecule has 3 nitrogen and oxygen atoms in total. The SMILES string of the molecule is CCNc1cncc(N2CCC(C(C)(C)C)CC2)c1. The molecule has 3 heteroatoms. The predicted molar refractivity (Wildman–Crippen MR) is 82.8 cm³/mol. The van der Waals surface area contributed by atoms with Gasteiger partial charge in [-0.25, -0.2) is 0 Å². The first kappa shape index (κ1) is 14.2. The maximum absolute atomic E-state index is 4.34. The van der Waals surface area contributed by atoms with Gasteiger partial charge in [0.15, 0.2) is 0 Å². The third kappa shape index (κ3) is 3.62. The summed E-state index contributed by atoms with van der Waals surface area (Å²) in [4.78, 5) is 6.81. The van der Waals surface area contributed by atoms with Gasteiger partial charge in [-0.1, -0.05) is 20.8 Å². The monoisotopic (exact) mass is 261 g/mol. The zero-order valence-corrected chi connectivity index (χ0v) is 12.7. The Morgan fingerprint density at radius 2 is 1.95 bits per heavy atom. The Labute approximate surface area is 117 Å². The Morgan fingerprint density at radius 3 is 2.53 bits per heavy atom. The summed E-state index contributed by atoms with van der Waals surface area (Å²) in [6.45, 7) is 12.4. The van der Waals surface area contributed by atoms with E-state index in [0.29, 0.717) is 5.41 Å². The molecule has 1 aliphatic rings. The Balaban J connectivity index is 1.99. The van der Waals surface area contributed by atoms with Crippen LogP contribution in [0.2, 0.25) is 0 Å². The van der Waals surface area contributed by atoms with Crippen LogP contribution in [0.3, 0.4) is 0 Å². The van der Waals surface area contributed by atoms with Crippen molar-refractivity contribution in [2.75, 3.05) is 29.9 Å². The third-order valence-electron chi connectivity index (χ3n) is 4.19. The number of aromatic nitrogens is 1. The van der Waals surface area contributed by atoms with Crippen molar-refractivity contribution in [3.05, 3.63) is 18.5 Å². The normalized spacial score (nSPS) is 17.6. The summed E-state index contributed by atoms with van der Waals surface area (Å²) in [5, 5.41) is 3.33. The highest BCUT2D eigenvalue weighted by Gasteiger charge is 2.28. The zero-order valence-electron chi connectivity index (χ0n) is 12.7. The summed E-state index contributed by atoms with van der Waals surface area (Å²) in [6.07, 6.45) is 6.46. The molecule has 2 heterocycles. The lowest BCUT2D eigenvalue weighted by Crippen LogP contribution is -2.38. The Hall–Kier alpha value is -1.25. The second-order valence-electron chi connectivity index (χ2n) is 6.59. The summed E-state index contributed by atoms with van der Waals surface area (Å²) in [5.41, 5.74) is 2.82. The van der Waals surface area contributed by atoms with E-state index in [9.17, 15) is 0 Å². The van der Waals surface area contributed by atoms with E-state index in [1.54, 1.807) is 0 Å². The van der Waals surface area contributed by atoms with E-state index in [4.69, 9.17) is 0 Å². The molecule has 1 aromatic rings. The summed E-state index contributed by atoms with van der Waals surface area (Å²) in [5.74, 6) is 0.841. The standard InChI is InChI=1S/C16H27N3/c1-5-18-14-10-15(12-17-11-14)19-8-6-13(7-9-19)16(2,3)4/h10-13,18H,5-9H2,1-4H3. The lowest BCUT2D eigenvalue weighted by atomic mass is 9.75. The van der Waals surface area contributed by atoms with Gasteiger partial charge in [0.2, 0.25) is 0 Å². The number of rotatable bonds is 3. The summed E-state index contributed by atoms with van der Waals surface area (Å²) >= 11 is 0. The zero-order chi connectivity index (χ0) is 13.9. The van der Waals surface area contributed by atoms with Crippen molar-refractivity contribution in [1.82, 2.24) is 4.98 Å². The topological polar surface area (TPSA) is 28.2 Å². The van der Waals surface area contributed by atoms with Crippen LogP contribution in [0.5, 0.6) is 0 Å². The molecule has 0 unspecified atom stereocenters. The first-order chi connectivity index (χ1) is 9.00. The van der Waals surface area contributed by atoms with Crippen LogP contribution in [0.25, 0.3) is 0 Å². The van der Waals surface area contributed by atoms with E-state index >= 15 is 0 Å². The highest BCUT2D eigenvalue weighted by atomic mass is 15.1. The molecule has 0 radical (unpaired) electrons. The average Bonchev–Trinajstić information content (AvgIpc) is 2.39. The fourth-order valence-electron chi connectivity index (χ4n) is 2.91. The molecule has 0 saturated carbocycles. The molecule has 1 saturated heterocycles. The number of piperidine rings is 1. The summed E-state index contributed by atoms with van der Waals surface area (Å²) in [6, 6.07) is 2.22. The fourth-order valence-corrected chi connectivity index (χ4v) is 2.91. The van der Waals surface area contributed by atoms with Crippen LogP contribution in [0.4, 0.5) is 11.4 Å². The molecular formula is C16H27N3. The van der Waals surface area contributed by atoms with Gasteiger partial charge >= 0.3 is 0 Å². The van der Waals surface area contributed by atoms with Crippen LogP contribution in [-0.2, 0) is 0 Å². The van der Waals surface area contributed by atoms with E-state index in [1.807, 2.05) is 12.4 Å². The number of anilines is 2. The van der Waals surface area contributed by atoms with E-state index in [-0.39, 0.29) is 0 Å². The van der Waals surface area contributed by atoms with Gasteiger partial charge in [-0.15, -0.1) is 0 Å². The summed E-state index contributed by atoms with van der Waals surface area (Å²) in [7, 11) is 0. The molecule has 2 rings (SSSR count). The molecule has 0 aromatic carbocycles. The Kier molecular flexibility index (Phi) is 4.33. The van der Waals surface area contributed by atoms with Crippen molar-refractivity contribution in [2.24, 2.45) is 11.3 Å². The second-order valence-corrected chi connectivity index (χ2v) is 6.59. The van der Waals surface area contributed by atoms with Crippen molar-refractivity contribution < 1.29 is 0 Å². The molecule has 1 N–H and O–H groups in total. The molecule has 19 heavy (non-hydrogen) atoms. The lowest BCUT2D eigenvalue weighted by Gasteiger charge is -2.39. The highest BCUT2D eigenvalue weighted by Crippen LogP contribution is 2.35. The molecule has 1 aromatic heterocycles. The maximum atomic E-state index is 4.34. The van der Waals surface area contributed by atoms with Crippen LogP contribution in [0.15, 0.2) is 18.5 Å². The lowest BCUT2D eigenvalue weighted by molar-refractivity contribution is 0.199. The molecule has 0 amide bonds. The molecule has 0 spiro atoms. The minimum absolute atomic E-state index is 0.440. The van der Waals surface area contributed by atoms with E-state index in [1.165, 1.54) is 18.5 Å². The van der Waals surface area contributed by atoms with Crippen molar-refractivity contribution in [3.63, 3.8) is 0 Å². The molecule has 0 atom stereocenters. The van der Waals surface area contributed by atoms with Gasteiger partial charge in [-0.05, 0) is 37.2 Å². The smallest absolute Gasteiger partial charge is 0.0573 e. The van der Waals surface area contributed by atoms with Gasteiger partial charge in [0.05, 0.1) is 23.8 Å². The average molecular weight is 261 g/mol. The largest absolute Gasteiger partial charge is 0.384 e. The van der Waals surface area contributed by atoms with Crippen LogP contribution in [0.1, 0.15) is 40.5 Å². The van der Waals surface area contributed by atoms with Gasteiger partial charge in [0.1, 0.15) is 0 Å². The first-order valence-corrected chi connectivity index (χ1v) is 7.44. The van der Waals surface area contributed by atoms with Crippen molar-refractivity contribution in [1.29, 1.82) is 0 Å². The maximum Gasteiger partial charge on any atom is 0.0573 e. The Morgan fingerprint density at radius 1 is 1.26 bits per heavy atom. The minimum Gasteiger partial charge on any atom is -0.384 e. The van der Waals surface area contributed by atoms with E-state index < -0.39 is 0 Å². The van der Waals surface area contributed by atoms with Gasteiger partial charge in [-0.3, -0.25) is 4.98 Å². The van der Waals surface area contributed by atoms with Crippen LogP contribution in [0, 0.1) is 11.3 Å². The van der Waals surface area contributed by atoms with Gasteiger partial charge < -0.3 is 10.2 Å². The van der Waals surface area contributed by atoms with Crippen LogP contribution >= 0.6 is 0 Å². The van der Waals surface area contributed by atoms with Crippen molar-refractivity contribution in [3.8, 4) is 0 Å². The predicted octanol–water partition coefficient (Wildman–Crippen LogP) is 3.78. The molecule has 0 bridgehead atoms. The molecule has 0 aliphatic carbocycles. The van der Waals surface area contributed by atoms with Crippen LogP contribution in [-0.4, -0.2) is 24.6 Å². The highest BCUT2D eigenvalue weighted by molar-refractivity contribution is 5.55. The summed E-state index contributed by atoms with van der Waals surface area (Å²) < 4.78 is 0. The molecule has 106 valence electrons. The number of nitrogens with zero attached hydrogens (tertiary/aromatic N) is 2. The quantitative estimate of drug-likeness (QED) is 0.897. The van der Waals surface area contributed by atoms with Gasteiger partial charge in [0, 0.05) is 19.6 Å². The second kappa shape index (κ2) is 5.81. The van der Waals surface area contributed by atoms with Gasteiger partial charge in [-0.2, -0.15) is 0 Å². The molecular weight excluding hydrogens is 234 g/mol. The minimum atomic E-state index is 0.440. The number of hydrogen-bond acceptors (Lipinski definition) is 3. The number of hydrogen-bond donors (Lipinski definition) is 1. The van der Waals surface area contributed by atoms with E-state index in [2.05, 4.69) is 49.0 Å². The van der Waals surface area contributed by atoms with Gasteiger partial charge in [0.25, 0.3) is 0 Å². The number of nitrogens with one attached hydrogen (secondary N) is 1. The van der Waals surface area contributed by atoms with Crippen molar-refractivity contribution in [2.45, 2.75) is 40.5 Å². The van der Waals surface area contributed by atoms with E-state index in [0.717, 1.165) is 31.2 Å². The fraction of sp³-hybridized carbons (Fsp3) is 0.688. The van der Waals surface area contributed by atoms with Crippen molar-refractivity contribution >= 4 is 11.4 Å². The third-order valence-corrected chi connectivity index (χ3v) is 4.19. The number of pyridine rings is 1. The Bertz CT molecular complexity index is 401. The van der Waals surface area contributed by atoms with Crippen LogP contribution < -0.4 is 10.2 Å². The molecule has 1 fully saturated rings.